The van der Waals surface area contributed by atoms with Crippen LogP contribution in [0.1, 0.15) is 32.4 Å². The predicted molar refractivity (Wildman–Crippen MR) is 96.1 cm³/mol. The number of aromatic nitrogens is 4. The molecule has 4 atom stereocenters. The molecule has 0 amide bonds. The van der Waals surface area contributed by atoms with E-state index in [1.54, 1.807) is 4.57 Å². The average Bonchev–Trinajstić information content (AvgIpc) is 3.21. The molecule has 148 valence electrons. The average molecular weight is 379 g/mol. The smallest absolute Gasteiger partial charge is 0.306 e. The van der Waals surface area contributed by atoms with Gasteiger partial charge >= 0.3 is 5.97 Å². The van der Waals surface area contributed by atoms with Crippen molar-refractivity contribution in [2.24, 2.45) is 0 Å². The predicted octanol–water partition coefficient (Wildman–Crippen LogP) is 0.245. The van der Waals surface area contributed by atoms with E-state index in [2.05, 4.69) is 15.0 Å². The minimum atomic E-state index is -1.15. The van der Waals surface area contributed by atoms with Gasteiger partial charge in [0.2, 0.25) is 0 Å². The highest BCUT2D eigenvalue weighted by molar-refractivity contribution is 5.83. The van der Waals surface area contributed by atoms with Gasteiger partial charge in [-0.15, -0.1) is 0 Å². The molecule has 0 aliphatic carbocycles. The van der Waals surface area contributed by atoms with E-state index in [0.717, 1.165) is 6.42 Å². The summed E-state index contributed by atoms with van der Waals surface area (Å²) < 4.78 is 12.9. The Kier molecular flexibility index (Phi) is 5.88. The van der Waals surface area contributed by atoms with Gasteiger partial charge in [-0.2, -0.15) is 0 Å². The monoisotopic (exact) mass is 379 g/mol. The van der Waals surface area contributed by atoms with Crippen LogP contribution in [0.4, 0.5) is 5.82 Å². The number of aliphatic hydroxyl groups is 2. The number of hydrogen-bond acceptors (Lipinski definition) is 9. The van der Waals surface area contributed by atoms with E-state index in [0.29, 0.717) is 23.4 Å². The maximum atomic E-state index is 12.1. The molecule has 0 saturated carbocycles. The molecule has 27 heavy (non-hydrogen) atoms. The second-order valence-electron chi connectivity index (χ2n) is 6.71. The Morgan fingerprint density at radius 1 is 1.37 bits per heavy atom. The zero-order valence-corrected chi connectivity index (χ0v) is 15.6. The Labute approximate surface area is 156 Å². The highest BCUT2D eigenvalue weighted by Gasteiger charge is 2.47. The zero-order chi connectivity index (χ0) is 19.6. The molecule has 2 aromatic rings. The van der Waals surface area contributed by atoms with Gasteiger partial charge in [0.25, 0.3) is 0 Å². The SMILES string of the molecule is CCCCC(=O)O[C@@H]1C(n2cnc3c(N(C)C)ncnc32)O[C@H](CO)[C@H]1O. The molecular formula is C17H25N5O5. The van der Waals surface area contributed by atoms with E-state index in [9.17, 15) is 15.0 Å². The molecule has 1 fully saturated rings. The topological polar surface area (TPSA) is 123 Å². The number of unbranched alkanes of at least 4 members (excludes halogenated alkanes) is 1. The molecule has 3 heterocycles. The van der Waals surface area contributed by atoms with Gasteiger partial charge in [-0.25, -0.2) is 15.0 Å². The molecule has 1 aliphatic rings. The van der Waals surface area contributed by atoms with E-state index in [1.165, 1.54) is 12.7 Å². The number of ether oxygens (including phenoxy) is 2. The quantitative estimate of drug-likeness (QED) is 0.651. The number of anilines is 1. The number of fused-ring (bicyclic) bond motifs is 1. The van der Waals surface area contributed by atoms with Crippen molar-refractivity contribution in [3.8, 4) is 0 Å². The first-order valence-corrected chi connectivity index (χ1v) is 8.96. The summed E-state index contributed by atoms with van der Waals surface area (Å²) in [7, 11) is 3.69. The van der Waals surface area contributed by atoms with Gasteiger partial charge in [-0.1, -0.05) is 13.3 Å². The number of aliphatic hydroxyl groups excluding tert-OH is 2. The molecule has 10 heteroatoms. The van der Waals surface area contributed by atoms with E-state index in [1.807, 2.05) is 25.9 Å². The first-order chi connectivity index (χ1) is 13.0. The summed E-state index contributed by atoms with van der Waals surface area (Å²) in [5, 5.41) is 20.0. The first kappa shape index (κ1) is 19.5. The molecule has 0 spiro atoms. The molecule has 1 saturated heterocycles. The van der Waals surface area contributed by atoms with Crippen LogP contribution < -0.4 is 4.90 Å². The Morgan fingerprint density at radius 2 is 2.15 bits per heavy atom. The lowest BCUT2D eigenvalue weighted by molar-refractivity contribution is -0.158. The molecule has 3 rings (SSSR count). The lowest BCUT2D eigenvalue weighted by atomic mass is 10.1. The summed E-state index contributed by atoms with van der Waals surface area (Å²) in [6, 6.07) is 0. The lowest BCUT2D eigenvalue weighted by Crippen LogP contribution is -2.37. The highest BCUT2D eigenvalue weighted by Crippen LogP contribution is 2.34. The Bertz CT molecular complexity index is 795. The molecule has 1 unspecified atom stereocenters. The summed E-state index contributed by atoms with van der Waals surface area (Å²) in [4.78, 5) is 26.8. The van der Waals surface area contributed by atoms with Crippen molar-refractivity contribution in [1.29, 1.82) is 0 Å². The van der Waals surface area contributed by atoms with Crippen LogP contribution in [0.25, 0.3) is 11.2 Å². The fourth-order valence-electron chi connectivity index (χ4n) is 3.10. The summed E-state index contributed by atoms with van der Waals surface area (Å²) in [5.41, 5.74) is 1.04. The third kappa shape index (κ3) is 3.73. The van der Waals surface area contributed by atoms with Crippen molar-refractivity contribution in [2.75, 3.05) is 25.6 Å². The Hall–Kier alpha value is -2.30. The zero-order valence-electron chi connectivity index (χ0n) is 15.6. The van der Waals surface area contributed by atoms with Crippen molar-refractivity contribution in [2.45, 2.75) is 50.7 Å². The highest BCUT2D eigenvalue weighted by atomic mass is 16.6. The van der Waals surface area contributed by atoms with Crippen LogP contribution in [0, 0.1) is 0 Å². The van der Waals surface area contributed by atoms with Gasteiger partial charge < -0.3 is 24.6 Å². The van der Waals surface area contributed by atoms with Crippen molar-refractivity contribution >= 4 is 23.0 Å². The number of hydrogen-bond donors (Lipinski definition) is 2. The third-order valence-electron chi connectivity index (χ3n) is 4.53. The summed E-state index contributed by atoms with van der Waals surface area (Å²) in [5.74, 6) is 0.216. The standard InChI is InChI=1S/C17H25N5O5/c1-4-5-6-11(24)27-14-13(25)10(7-23)26-17(14)22-9-20-12-15(21(2)3)18-8-19-16(12)22/h8-10,13-14,17,23,25H,4-7H2,1-3H3/t10-,13-,14+,17?/m1/s1. The number of imidazole rings is 1. The molecule has 0 aromatic carbocycles. The summed E-state index contributed by atoms with van der Waals surface area (Å²) in [6.07, 6.45) is 0.892. The number of rotatable bonds is 7. The molecule has 1 aliphatic heterocycles. The fourth-order valence-corrected chi connectivity index (χ4v) is 3.10. The van der Waals surface area contributed by atoms with Crippen LogP contribution in [-0.4, -0.2) is 74.7 Å². The van der Waals surface area contributed by atoms with Gasteiger partial charge in [0.05, 0.1) is 12.9 Å². The molecule has 10 nitrogen and oxygen atoms in total. The number of esters is 1. The minimum absolute atomic E-state index is 0.258. The van der Waals surface area contributed by atoms with Gasteiger partial charge in [0, 0.05) is 20.5 Å². The molecule has 2 aromatic heterocycles. The van der Waals surface area contributed by atoms with Gasteiger partial charge in [0.1, 0.15) is 18.5 Å². The van der Waals surface area contributed by atoms with E-state index in [-0.39, 0.29) is 6.42 Å². The largest absolute Gasteiger partial charge is 0.455 e. The van der Waals surface area contributed by atoms with Crippen LogP contribution in [-0.2, 0) is 14.3 Å². The van der Waals surface area contributed by atoms with Gasteiger partial charge in [-0.3, -0.25) is 9.36 Å². The van der Waals surface area contributed by atoms with E-state index < -0.39 is 37.1 Å². The lowest BCUT2D eigenvalue weighted by Gasteiger charge is -2.22. The second kappa shape index (κ2) is 8.15. The molecule has 2 N–H and O–H groups in total. The Balaban J connectivity index is 1.94. The van der Waals surface area contributed by atoms with Crippen molar-refractivity contribution in [3.05, 3.63) is 12.7 Å². The van der Waals surface area contributed by atoms with Gasteiger partial charge in [-0.05, 0) is 6.42 Å². The minimum Gasteiger partial charge on any atom is -0.455 e. The second-order valence-corrected chi connectivity index (χ2v) is 6.71. The molecular weight excluding hydrogens is 354 g/mol. The van der Waals surface area contributed by atoms with Crippen LogP contribution in [0.3, 0.4) is 0 Å². The first-order valence-electron chi connectivity index (χ1n) is 8.96. The number of nitrogens with zero attached hydrogens (tertiary/aromatic N) is 5. The van der Waals surface area contributed by atoms with Crippen molar-refractivity contribution < 1.29 is 24.5 Å². The summed E-state index contributed by atoms with van der Waals surface area (Å²) in [6.45, 7) is 1.58. The molecule has 0 bridgehead atoms. The summed E-state index contributed by atoms with van der Waals surface area (Å²) >= 11 is 0. The van der Waals surface area contributed by atoms with Crippen LogP contribution >= 0.6 is 0 Å². The van der Waals surface area contributed by atoms with E-state index >= 15 is 0 Å². The number of carbonyl (C=O) groups is 1. The van der Waals surface area contributed by atoms with Crippen molar-refractivity contribution in [3.63, 3.8) is 0 Å². The number of carbonyl (C=O) groups excluding carboxylic acids is 1. The molecule has 0 radical (unpaired) electrons. The van der Waals surface area contributed by atoms with Crippen molar-refractivity contribution in [1.82, 2.24) is 19.5 Å². The Morgan fingerprint density at radius 3 is 2.81 bits per heavy atom. The van der Waals surface area contributed by atoms with Gasteiger partial charge in [0.15, 0.2) is 29.3 Å². The van der Waals surface area contributed by atoms with Crippen LogP contribution in [0.15, 0.2) is 12.7 Å². The maximum absolute atomic E-state index is 12.1. The third-order valence-corrected chi connectivity index (χ3v) is 4.53. The van der Waals surface area contributed by atoms with Crippen LogP contribution in [0.2, 0.25) is 0 Å². The maximum Gasteiger partial charge on any atom is 0.306 e. The van der Waals surface area contributed by atoms with Crippen LogP contribution in [0.5, 0.6) is 0 Å². The van der Waals surface area contributed by atoms with E-state index in [4.69, 9.17) is 9.47 Å². The normalized spacial score (nSPS) is 25.1. The fraction of sp³-hybridized carbons (Fsp3) is 0.647.